The zero-order chi connectivity index (χ0) is 13.7. The highest BCUT2D eigenvalue weighted by Gasteiger charge is 2.22. The molecule has 1 heterocycles. The number of aliphatic carboxylic acids is 1. The molecule has 0 aromatic heterocycles. The fourth-order valence-electron chi connectivity index (χ4n) is 2.81. The monoisotopic (exact) mass is 262 g/mol. The van der Waals surface area contributed by atoms with E-state index in [-0.39, 0.29) is 5.92 Å². The van der Waals surface area contributed by atoms with Crippen molar-refractivity contribution in [3.8, 4) is 0 Å². The lowest BCUT2D eigenvalue weighted by atomic mass is 9.90. The molecule has 2 unspecified atom stereocenters. The summed E-state index contributed by atoms with van der Waals surface area (Å²) in [5.41, 5.74) is 2.01. The van der Waals surface area contributed by atoms with Crippen LogP contribution in [0.1, 0.15) is 49.1 Å². The molecular weight excluding hydrogens is 240 g/mol. The summed E-state index contributed by atoms with van der Waals surface area (Å²) in [4.78, 5) is 11.4. The maximum Gasteiger partial charge on any atom is 0.310 e. The van der Waals surface area contributed by atoms with E-state index < -0.39 is 5.97 Å². The topological polar surface area (TPSA) is 46.5 Å². The van der Waals surface area contributed by atoms with E-state index in [1.54, 1.807) is 0 Å². The molecule has 0 radical (unpaired) electrons. The lowest BCUT2D eigenvalue weighted by Gasteiger charge is -2.16. The van der Waals surface area contributed by atoms with Crippen LogP contribution in [0.2, 0.25) is 0 Å². The largest absolute Gasteiger partial charge is 0.481 e. The number of hydrogen-bond donors (Lipinski definition) is 1. The Morgan fingerprint density at radius 1 is 1.47 bits per heavy atom. The van der Waals surface area contributed by atoms with Crippen LogP contribution in [-0.4, -0.2) is 23.8 Å². The fraction of sp³-hybridized carbons (Fsp3) is 0.562. The highest BCUT2D eigenvalue weighted by Crippen LogP contribution is 2.27. The Bertz CT molecular complexity index is 422. The number of benzene rings is 1. The molecule has 0 saturated carbocycles. The predicted molar refractivity (Wildman–Crippen MR) is 74.4 cm³/mol. The van der Waals surface area contributed by atoms with Gasteiger partial charge in [0.1, 0.15) is 0 Å². The van der Waals surface area contributed by atoms with Gasteiger partial charge in [-0.25, -0.2) is 0 Å². The van der Waals surface area contributed by atoms with E-state index in [1.165, 1.54) is 0 Å². The van der Waals surface area contributed by atoms with Gasteiger partial charge in [-0.2, -0.15) is 0 Å². The standard InChI is InChI=1S/C16H22O3/c1-12-6-2-3-9-14(12)15(16(17)18)10-4-7-13-8-5-11-19-13/h2-3,6,9,13,15H,4-5,7-8,10-11H2,1H3,(H,17,18). The molecule has 1 saturated heterocycles. The molecule has 0 amide bonds. The molecule has 2 rings (SSSR count). The average Bonchev–Trinajstić information content (AvgIpc) is 2.89. The number of carboxylic acids is 1. The molecule has 3 nitrogen and oxygen atoms in total. The minimum absolute atomic E-state index is 0.353. The Morgan fingerprint density at radius 3 is 2.89 bits per heavy atom. The first-order chi connectivity index (χ1) is 9.18. The molecular formula is C16H22O3. The van der Waals surface area contributed by atoms with Crippen LogP contribution < -0.4 is 0 Å². The van der Waals surface area contributed by atoms with E-state index >= 15 is 0 Å². The summed E-state index contributed by atoms with van der Waals surface area (Å²) in [7, 11) is 0. The minimum Gasteiger partial charge on any atom is -0.481 e. The number of rotatable bonds is 6. The van der Waals surface area contributed by atoms with E-state index in [4.69, 9.17) is 4.74 Å². The molecule has 19 heavy (non-hydrogen) atoms. The van der Waals surface area contributed by atoms with Crippen molar-refractivity contribution in [3.05, 3.63) is 35.4 Å². The van der Waals surface area contributed by atoms with Crippen molar-refractivity contribution in [2.45, 2.75) is 51.0 Å². The van der Waals surface area contributed by atoms with E-state index in [0.29, 0.717) is 12.5 Å². The molecule has 0 bridgehead atoms. The van der Waals surface area contributed by atoms with E-state index in [0.717, 1.165) is 43.4 Å². The molecule has 1 N–H and O–H groups in total. The van der Waals surface area contributed by atoms with Gasteiger partial charge in [-0.1, -0.05) is 24.3 Å². The summed E-state index contributed by atoms with van der Waals surface area (Å²) in [6.07, 6.45) is 5.21. The summed E-state index contributed by atoms with van der Waals surface area (Å²) in [6.45, 7) is 2.84. The smallest absolute Gasteiger partial charge is 0.310 e. The number of ether oxygens (including phenoxy) is 1. The quantitative estimate of drug-likeness (QED) is 0.853. The molecule has 1 aromatic carbocycles. The van der Waals surface area contributed by atoms with Crippen molar-refractivity contribution in [1.29, 1.82) is 0 Å². The van der Waals surface area contributed by atoms with Crippen molar-refractivity contribution < 1.29 is 14.6 Å². The summed E-state index contributed by atoms with van der Waals surface area (Å²) < 4.78 is 5.58. The zero-order valence-electron chi connectivity index (χ0n) is 11.5. The van der Waals surface area contributed by atoms with Gasteiger partial charge in [0.05, 0.1) is 12.0 Å². The van der Waals surface area contributed by atoms with Gasteiger partial charge in [0.2, 0.25) is 0 Å². The minimum atomic E-state index is -0.721. The van der Waals surface area contributed by atoms with Crippen LogP contribution in [0.15, 0.2) is 24.3 Å². The third-order valence-corrected chi connectivity index (χ3v) is 3.90. The van der Waals surface area contributed by atoms with Crippen LogP contribution in [0.25, 0.3) is 0 Å². The Balaban J connectivity index is 1.93. The molecule has 3 heteroatoms. The summed E-state index contributed by atoms with van der Waals surface area (Å²) in [5.74, 6) is -1.11. The third kappa shape index (κ3) is 3.80. The maximum atomic E-state index is 11.4. The van der Waals surface area contributed by atoms with Crippen molar-refractivity contribution in [2.24, 2.45) is 0 Å². The molecule has 2 atom stereocenters. The van der Waals surface area contributed by atoms with Crippen LogP contribution in [-0.2, 0) is 9.53 Å². The average molecular weight is 262 g/mol. The van der Waals surface area contributed by atoms with Gasteiger partial charge in [0.25, 0.3) is 0 Å². The third-order valence-electron chi connectivity index (χ3n) is 3.90. The number of carbonyl (C=O) groups is 1. The Morgan fingerprint density at radius 2 is 2.26 bits per heavy atom. The van der Waals surface area contributed by atoms with Crippen LogP contribution >= 0.6 is 0 Å². The van der Waals surface area contributed by atoms with Crippen LogP contribution in [0.5, 0.6) is 0 Å². The molecule has 1 fully saturated rings. The van der Waals surface area contributed by atoms with Gasteiger partial charge in [0, 0.05) is 6.61 Å². The normalized spacial score (nSPS) is 20.4. The lowest BCUT2D eigenvalue weighted by Crippen LogP contribution is -2.14. The van der Waals surface area contributed by atoms with E-state index in [9.17, 15) is 9.90 Å². The molecule has 1 aliphatic heterocycles. The van der Waals surface area contributed by atoms with Crippen molar-refractivity contribution in [3.63, 3.8) is 0 Å². The van der Waals surface area contributed by atoms with Crippen LogP contribution in [0.3, 0.4) is 0 Å². The van der Waals surface area contributed by atoms with Crippen LogP contribution in [0.4, 0.5) is 0 Å². The van der Waals surface area contributed by atoms with Gasteiger partial charge in [0.15, 0.2) is 0 Å². The van der Waals surface area contributed by atoms with Crippen molar-refractivity contribution in [2.75, 3.05) is 6.61 Å². The SMILES string of the molecule is Cc1ccccc1C(CCCC1CCCO1)C(=O)O. The second kappa shape index (κ2) is 6.71. The number of hydrogen-bond acceptors (Lipinski definition) is 2. The van der Waals surface area contributed by atoms with Gasteiger partial charge >= 0.3 is 5.97 Å². The molecule has 1 aromatic rings. The molecule has 0 aliphatic carbocycles. The highest BCUT2D eigenvalue weighted by atomic mass is 16.5. The second-order valence-corrected chi connectivity index (χ2v) is 5.31. The summed E-state index contributed by atoms with van der Waals surface area (Å²) in [5, 5.41) is 9.41. The highest BCUT2D eigenvalue weighted by molar-refractivity contribution is 5.76. The first kappa shape index (κ1) is 14.1. The van der Waals surface area contributed by atoms with Crippen molar-refractivity contribution in [1.82, 2.24) is 0 Å². The molecule has 0 spiro atoms. The maximum absolute atomic E-state index is 11.4. The van der Waals surface area contributed by atoms with Gasteiger partial charge in [-0.05, 0) is 50.2 Å². The number of aryl methyl sites for hydroxylation is 1. The Hall–Kier alpha value is -1.35. The Labute approximate surface area is 114 Å². The molecule has 1 aliphatic rings. The fourth-order valence-corrected chi connectivity index (χ4v) is 2.81. The summed E-state index contributed by atoms with van der Waals surface area (Å²) in [6, 6.07) is 7.77. The van der Waals surface area contributed by atoms with Gasteiger partial charge in [-0.15, -0.1) is 0 Å². The van der Waals surface area contributed by atoms with Gasteiger partial charge in [-0.3, -0.25) is 4.79 Å². The summed E-state index contributed by atoms with van der Waals surface area (Å²) >= 11 is 0. The van der Waals surface area contributed by atoms with Crippen molar-refractivity contribution >= 4 is 5.97 Å². The number of carboxylic acid groups (broad SMARTS) is 1. The Kier molecular flexibility index (Phi) is 4.97. The van der Waals surface area contributed by atoms with E-state index in [2.05, 4.69) is 0 Å². The lowest BCUT2D eigenvalue weighted by molar-refractivity contribution is -0.139. The zero-order valence-corrected chi connectivity index (χ0v) is 11.5. The predicted octanol–water partition coefficient (Wildman–Crippen LogP) is 3.51. The second-order valence-electron chi connectivity index (χ2n) is 5.31. The first-order valence-electron chi connectivity index (χ1n) is 7.08. The van der Waals surface area contributed by atoms with E-state index in [1.807, 2.05) is 31.2 Å². The van der Waals surface area contributed by atoms with Crippen LogP contribution in [0, 0.1) is 6.92 Å². The van der Waals surface area contributed by atoms with Gasteiger partial charge < -0.3 is 9.84 Å². The molecule has 104 valence electrons. The first-order valence-corrected chi connectivity index (χ1v) is 7.08.